The van der Waals surface area contributed by atoms with Crippen LogP contribution in [-0.2, 0) is 23.8 Å². The van der Waals surface area contributed by atoms with Gasteiger partial charge < -0.3 is 19.5 Å². The van der Waals surface area contributed by atoms with Gasteiger partial charge in [0.1, 0.15) is 0 Å². The Morgan fingerprint density at radius 3 is 2.44 bits per heavy atom. The number of carbonyl (C=O) groups excluding carboxylic acids is 2. The Hall–Kier alpha value is -2.09. The van der Waals surface area contributed by atoms with Crippen LogP contribution >= 0.6 is 11.8 Å². The molecular weight excluding hydrogens is 450 g/mol. The highest BCUT2D eigenvalue weighted by atomic mass is 32.2. The summed E-state index contributed by atoms with van der Waals surface area (Å²) < 4.78 is 17.1. The fraction of sp³-hybridized carbons (Fsp3) is 0.556. The molecule has 1 aromatic carbocycles. The molecule has 0 aromatic heterocycles. The number of ether oxygens (including phenoxy) is 3. The van der Waals surface area contributed by atoms with Gasteiger partial charge in [-0.05, 0) is 38.7 Å². The van der Waals surface area contributed by atoms with E-state index < -0.39 is 5.79 Å². The molecule has 2 atom stereocenters. The van der Waals surface area contributed by atoms with E-state index in [2.05, 4.69) is 12.2 Å². The summed E-state index contributed by atoms with van der Waals surface area (Å²) in [7, 11) is 0. The van der Waals surface area contributed by atoms with Crippen LogP contribution in [0.4, 0.5) is 0 Å². The first kappa shape index (κ1) is 26.5. The van der Waals surface area contributed by atoms with Crippen molar-refractivity contribution in [3.63, 3.8) is 0 Å². The molecule has 0 amide bonds. The van der Waals surface area contributed by atoms with Crippen molar-refractivity contribution in [3.05, 3.63) is 52.7 Å². The molecule has 0 spiro atoms. The number of benzene rings is 1. The maximum atomic E-state index is 13.6. The first-order valence-corrected chi connectivity index (χ1v) is 13.2. The molecule has 0 aliphatic carbocycles. The third-order valence-corrected chi connectivity index (χ3v) is 6.93. The normalized spacial score (nSPS) is 22.0. The molecule has 3 rings (SSSR count). The number of dihydropyridines is 1. The van der Waals surface area contributed by atoms with Crippen LogP contribution in [0.1, 0.15) is 65.9 Å². The molecule has 6 nitrogen and oxygen atoms in total. The molecule has 34 heavy (non-hydrogen) atoms. The molecule has 0 saturated carbocycles. The molecule has 1 aromatic rings. The van der Waals surface area contributed by atoms with Gasteiger partial charge in [-0.15, -0.1) is 0 Å². The van der Waals surface area contributed by atoms with Crippen molar-refractivity contribution < 1.29 is 23.8 Å². The van der Waals surface area contributed by atoms with Crippen molar-refractivity contribution in [1.82, 2.24) is 5.32 Å². The zero-order chi connectivity index (χ0) is 24.7. The zero-order valence-corrected chi connectivity index (χ0v) is 21.8. The minimum Gasteiger partial charge on any atom is -0.462 e. The summed E-state index contributed by atoms with van der Waals surface area (Å²) >= 11 is 1.24. The van der Waals surface area contributed by atoms with Crippen molar-refractivity contribution in [2.24, 2.45) is 5.92 Å². The van der Waals surface area contributed by atoms with E-state index >= 15 is 0 Å². The number of allylic oxidation sites excluding steroid dienone is 1. The van der Waals surface area contributed by atoms with Crippen molar-refractivity contribution in [1.29, 1.82) is 0 Å². The molecule has 1 fully saturated rings. The lowest BCUT2D eigenvalue weighted by atomic mass is 9.81. The molecule has 1 saturated heterocycles. The van der Waals surface area contributed by atoms with Gasteiger partial charge in [0.05, 0.1) is 30.6 Å². The molecular formula is C27H37NO5S. The number of thioether (sulfide) groups is 1. The highest BCUT2D eigenvalue weighted by molar-refractivity contribution is 8.14. The Morgan fingerprint density at radius 2 is 1.85 bits per heavy atom. The summed E-state index contributed by atoms with van der Waals surface area (Å²) in [5.41, 5.74) is 3.74. The second kappa shape index (κ2) is 12.0. The fourth-order valence-corrected chi connectivity index (χ4v) is 5.30. The van der Waals surface area contributed by atoms with Gasteiger partial charge >= 0.3 is 5.97 Å². The predicted molar refractivity (Wildman–Crippen MR) is 136 cm³/mol. The standard InChI is InChI=1S/C27H37NO5S/c1-6-12-20-22(26(30)34-17-19-16-32-27(4,5)33-19)21(8-3)28-24(18-13-10-9-11-14-18)23(20)25(29)31-15-7-2/h9-11,13-14,19-20,28H,6-8,12,15-17H2,1-5H3. The van der Waals surface area contributed by atoms with E-state index in [1.54, 1.807) is 0 Å². The van der Waals surface area contributed by atoms with Crippen molar-refractivity contribution >= 4 is 28.5 Å². The van der Waals surface area contributed by atoms with Crippen LogP contribution in [0.15, 0.2) is 47.2 Å². The maximum Gasteiger partial charge on any atom is 0.336 e. The second-order valence-corrected chi connectivity index (χ2v) is 10.0. The van der Waals surface area contributed by atoms with E-state index in [-0.39, 0.29) is 23.1 Å². The Labute approximate surface area is 207 Å². The molecule has 7 heteroatoms. The topological polar surface area (TPSA) is 73.9 Å². The lowest BCUT2D eigenvalue weighted by molar-refractivity contribution is -0.139. The molecule has 2 aliphatic rings. The first-order chi connectivity index (χ1) is 16.3. The van der Waals surface area contributed by atoms with Crippen molar-refractivity contribution in [3.8, 4) is 0 Å². The number of hydrogen-bond donors (Lipinski definition) is 1. The van der Waals surface area contributed by atoms with E-state index in [0.29, 0.717) is 43.0 Å². The van der Waals surface area contributed by atoms with Gasteiger partial charge in [0.25, 0.3) is 0 Å². The van der Waals surface area contributed by atoms with Crippen LogP contribution in [0.25, 0.3) is 5.70 Å². The number of carbonyl (C=O) groups is 2. The second-order valence-electron chi connectivity index (χ2n) is 9.05. The van der Waals surface area contributed by atoms with Crippen LogP contribution in [0, 0.1) is 5.92 Å². The van der Waals surface area contributed by atoms with Crippen molar-refractivity contribution in [2.45, 2.75) is 72.2 Å². The first-order valence-electron chi connectivity index (χ1n) is 12.3. The van der Waals surface area contributed by atoms with E-state index in [4.69, 9.17) is 14.2 Å². The van der Waals surface area contributed by atoms with Crippen LogP contribution in [0.2, 0.25) is 0 Å². The smallest absolute Gasteiger partial charge is 0.336 e. The monoisotopic (exact) mass is 487 g/mol. The zero-order valence-electron chi connectivity index (χ0n) is 20.9. The Bertz CT molecular complexity index is 938. The van der Waals surface area contributed by atoms with Crippen molar-refractivity contribution in [2.75, 3.05) is 19.0 Å². The van der Waals surface area contributed by atoms with Gasteiger partial charge in [0.15, 0.2) is 5.79 Å². The van der Waals surface area contributed by atoms with Gasteiger partial charge in [-0.3, -0.25) is 4.79 Å². The average molecular weight is 488 g/mol. The summed E-state index contributed by atoms with van der Waals surface area (Å²) in [5.74, 6) is -0.792. The summed E-state index contributed by atoms with van der Waals surface area (Å²) in [6.07, 6.45) is 2.79. The van der Waals surface area contributed by atoms with Gasteiger partial charge in [-0.2, -0.15) is 0 Å². The fourth-order valence-electron chi connectivity index (χ4n) is 4.38. The molecule has 0 bridgehead atoms. The number of rotatable bonds is 10. The van der Waals surface area contributed by atoms with E-state index in [0.717, 1.165) is 29.8 Å². The predicted octanol–water partition coefficient (Wildman–Crippen LogP) is 5.45. The van der Waals surface area contributed by atoms with E-state index in [9.17, 15) is 9.59 Å². The minimum absolute atomic E-state index is 0.0241. The minimum atomic E-state index is -0.622. The average Bonchev–Trinajstić information content (AvgIpc) is 3.19. The Morgan fingerprint density at radius 1 is 1.12 bits per heavy atom. The van der Waals surface area contributed by atoms with Crippen LogP contribution in [0.5, 0.6) is 0 Å². The number of esters is 1. The number of hydrogen-bond acceptors (Lipinski definition) is 7. The summed E-state index contributed by atoms with van der Waals surface area (Å²) in [5, 5.41) is 3.43. The van der Waals surface area contributed by atoms with Crippen LogP contribution < -0.4 is 5.32 Å². The number of nitrogens with one attached hydrogen (secondary N) is 1. The molecule has 0 radical (unpaired) electrons. The summed E-state index contributed by atoms with van der Waals surface area (Å²) in [4.78, 5) is 26.9. The maximum absolute atomic E-state index is 13.6. The SMILES string of the molecule is CCCOC(=O)C1=C(c2ccccc2)NC(CC)=C(C(=O)SCC2COC(C)(C)O2)C1CCC. The largest absolute Gasteiger partial charge is 0.462 e. The molecule has 2 aliphatic heterocycles. The summed E-state index contributed by atoms with van der Waals surface area (Å²) in [6.45, 7) is 10.7. The highest BCUT2D eigenvalue weighted by Gasteiger charge is 2.39. The third kappa shape index (κ3) is 6.32. The molecule has 2 heterocycles. The van der Waals surface area contributed by atoms with E-state index in [1.165, 1.54) is 11.8 Å². The van der Waals surface area contributed by atoms with Gasteiger partial charge in [-0.25, -0.2) is 4.79 Å². The third-order valence-electron chi connectivity index (χ3n) is 5.91. The Balaban J connectivity index is 1.95. The lowest BCUT2D eigenvalue weighted by Gasteiger charge is -2.32. The Kier molecular flexibility index (Phi) is 9.39. The van der Waals surface area contributed by atoms with Crippen LogP contribution in [-0.4, -0.2) is 41.9 Å². The molecule has 2 unspecified atom stereocenters. The van der Waals surface area contributed by atoms with Gasteiger partial charge in [0.2, 0.25) is 5.12 Å². The van der Waals surface area contributed by atoms with E-state index in [1.807, 2.05) is 58.0 Å². The summed E-state index contributed by atoms with van der Waals surface area (Å²) in [6, 6.07) is 9.80. The molecule has 186 valence electrons. The quantitative estimate of drug-likeness (QED) is 0.440. The molecule has 1 N–H and O–H groups in total. The van der Waals surface area contributed by atoms with Gasteiger partial charge in [-0.1, -0.05) is 69.3 Å². The lowest BCUT2D eigenvalue weighted by Crippen LogP contribution is -2.33. The highest BCUT2D eigenvalue weighted by Crippen LogP contribution is 2.40. The van der Waals surface area contributed by atoms with Gasteiger partial charge in [0, 0.05) is 22.9 Å². The van der Waals surface area contributed by atoms with Crippen LogP contribution in [0.3, 0.4) is 0 Å².